The van der Waals surface area contributed by atoms with Gasteiger partial charge in [0.25, 0.3) is 5.56 Å². The molecule has 0 aliphatic heterocycles. The van der Waals surface area contributed by atoms with E-state index in [2.05, 4.69) is 41.5 Å². The van der Waals surface area contributed by atoms with Crippen molar-refractivity contribution in [3.8, 4) is 5.75 Å². The molecule has 1 unspecified atom stereocenters. The first-order chi connectivity index (χ1) is 15.9. The molecular formula is C25H29N5O3. The van der Waals surface area contributed by atoms with Crippen molar-refractivity contribution in [2.75, 3.05) is 6.54 Å². The van der Waals surface area contributed by atoms with Crippen molar-refractivity contribution >= 4 is 11.2 Å². The lowest BCUT2D eigenvalue weighted by molar-refractivity contribution is 0.306. The van der Waals surface area contributed by atoms with E-state index in [-0.39, 0.29) is 17.3 Å². The van der Waals surface area contributed by atoms with E-state index in [1.54, 1.807) is 17.9 Å². The zero-order chi connectivity index (χ0) is 23.4. The third-order valence-electron chi connectivity index (χ3n) is 5.75. The van der Waals surface area contributed by atoms with E-state index in [9.17, 15) is 9.59 Å². The summed E-state index contributed by atoms with van der Waals surface area (Å²) in [5.41, 5.74) is 2.48. The molecule has 0 spiro atoms. The molecular weight excluding hydrogens is 418 g/mol. The second-order valence-corrected chi connectivity index (χ2v) is 8.30. The summed E-state index contributed by atoms with van der Waals surface area (Å²) in [7, 11) is 3.11. The van der Waals surface area contributed by atoms with Crippen molar-refractivity contribution in [3.63, 3.8) is 0 Å². The van der Waals surface area contributed by atoms with Crippen LogP contribution in [0.25, 0.3) is 11.2 Å². The Kier molecular flexibility index (Phi) is 6.74. The molecule has 0 bridgehead atoms. The smallest absolute Gasteiger partial charge is 0.332 e. The third kappa shape index (κ3) is 5.06. The van der Waals surface area contributed by atoms with Gasteiger partial charge in [-0.2, -0.15) is 0 Å². The van der Waals surface area contributed by atoms with E-state index in [0.29, 0.717) is 30.9 Å². The lowest BCUT2D eigenvalue weighted by Gasteiger charge is -2.15. The number of benzene rings is 2. The van der Waals surface area contributed by atoms with Gasteiger partial charge in [-0.15, -0.1) is 0 Å². The minimum absolute atomic E-state index is 0.233. The molecule has 2 heterocycles. The number of fused-ring (bicyclic) bond motifs is 1. The number of nitrogens with one attached hydrogen (secondary N) is 1. The van der Waals surface area contributed by atoms with Crippen LogP contribution < -0.4 is 21.3 Å². The Bertz CT molecular complexity index is 1350. The van der Waals surface area contributed by atoms with Crippen LogP contribution in [0.1, 0.15) is 18.1 Å². The highest BCUT2D eigenvalue weighted by molar-refractivity contribution is 5.69. The van der Waals surface area contributed by atoms with Gasteiger partial charge in [0.05, 0.1) is 6.33 Å². The van der Waals surface area contributed by atoms with Gasteiger partial charge in [0.15, 0.2) is 11.2 Å². The van der Waals surface area contributed by atoms with Gasteiger partial charge < -0.3 is 14.6 Å². The molecule has 0 aliphatic rings. The molecule has 172 valence electrons. The topological polar surface area (TPSA) is 83.1 Å². The van der Waals surface area contributed by atoms with E-state index < -0.39 is 0 Å². The minimum atomic E-state index is -0.375. The van der Waals surface area contributed by atoms with Crippen molar-refractivity contribution in [1.29, 1.82) is 0 Å². The average molecular weight is 448 g/mol. The monoisotopic (exact) mass is 447 g/mol. The summed E-state index contributed by atoms with van der Waals surface area (Å²) in [5, 5.41) is 3.50. The third-order valence-corrected chi connectivity index (χ3v) is 5.75. The molecule has 0 aliphatic carbocycles. The number of hydrogen-bond acceptors (Lipinski definition) is 5. The normalized spacial score (nSPS) is 12.2. The molecule has 0 saturated carbocycles. The highest BCUT2D eigenvalue weighted by atomic mass is 16.5. The van der Waals surface area contributed by atoms with E-state index in [1.807, 2.05) is 30.3 Å². The second-order valence-electron chi connectivity index (χ2n) is 8.30. The van der Waals surface area contributed by atoms with Crippen LogP contribution >= 0.6 is 0 Å². The van der Waals surface area contributed by atoms with Gasteiger partial charge in [0, 0.05) is 33.2 Å². The fourth-order valence-electron chi connectivity index (χ4n) is 3.93. The predicted octanol–water partition coefficient (Wildman–Crippen LogP) is 2.23. The van der Waals surface area contributed by atoms with Gasteiger partial charge in [0.2, 0.25) is 0 Å². The summed E-state index contributed by atoms with van der Waals surface area (Å²) in [6.07, 6.45) is 2.47. The second kappa shape index (κ2) is 9.87. The quantitative estimate of drug-likeness (QED) is 0.426. The van der Waals surface area contributed by atoms with Crippen LogP contribution in [0.2, 0.25) is 0 Å². The van der Waals surface area contributed by atoms with Crippen LogP contribution in [0.4, 0.5) is 0 Å². The van der Waals surface area contributed by atoms with Gasteiger partial charge in [-0.1, -0.05) is 42.5 Å². The Morgan fingerprint density at radius 3 is 2.55 bits per heavy atom. The molecule has 2 aromatic heterocycles. The highest BCUT2D eigenvalue weighted by Crippen LogP contribution is 2.16. The Balaban J connectivity index is 1.33. The number of ether oxygens (including phenoxy) is 1. The summed E-state index contributed by atoms with van der Waals surface area (Å²) < 4.78 is 10.3. The Morgan fingerprint density at radius 1 is 1.00 bits per heavy atom. The summed E-state index contributed by atoms with van der Waals surface area (Å²) in [6, 6.07) is 18.5. The fraction of sp³-hybridized carbons (Fsp3) is 0.320. The molecule has 0 saturated heterocycles. The van der Waals surface area contributed by atoms with Crippen LogP contribution in [0, 0.1) is 0 Å². The molecule has 0 amide bonds. The first-order valence-electron chi connectivity index (χ1n) is 11.0. The maximum atomic E-state index is 12.6. The van der Waals surface area contributed by atoms with Gasteiger partial charge in [0.1, 0.15) is 12.4 Å². The maximum Gasteiger partial charge on any atom is 0.332 e. The SMILES string of the molecule is CC(Cc1cccc(OCc2ccccc2)c1)NCCn1cnc2c1c(=O)n(C)c(=O)n2C. The van der Waals surface area contributed by atoms with Crippen LogP contribution in [0.15, 0.2) is 70.5 Å². The van der Waals surface area contributed by atoms with Crippen molar-refractivity contribution in [1.82, 2.24) is 24.0 Å². The zero-order valence-corrected chi connectivity index (χ0v) is 19.2. The van der Waals surface area contributed by atoms with Crippen LogP contribution in [-0.4, -0.2) is 31.3 Å². The summed E-state index contributed by atoms with van der Waals surface area (Å²) in [4.78, 5) is 28.9. The number of hydrogen-bond donors (Lipinski definition) is 1. The molecule has 4 aromatic rings. The molecule has 0 radical (unpaired) electrons. The van der Waals surface area contributed by atoms with E-state index in [4.69, 9.17) is 4.74 Å². The molecule has 0 fully saturated rings. The minimum Gasteiger partial charge on any atom is -0.489 e. The zero-order valence-electron chi connectivity index (χ0n) is 19.2. The summed E-state index contributed by atoms with van der Waals surface area (Å²) in [6.45, 7) is 3.92. The Labute approximate surface area is 192 Å². The Hall–Kier alpha value is -3.65. The lowest BCUT2D eigenvalue weighted by Crippen LogP contribution is -2.38. The number of nitrogens with zero attached hydrogens (tertiary/aromatic N) is 4. The molecule has 1 atom stereocenters. The first-order valence-corrected chi connectivity index (χ1v) is 11.0. The molecule has 33 heavy (non-hydrogen) atoms. The molecule has 8 heteroatoms. The van der Waals surface area contributed by atoms with Crippen molar-refractivity contribution in [3.05, 3.63) is 92.9 Å². The van der Waals surface area contributed by atoms with E-state index in [0.717, 1.165) is 22.3 Å². The van der Waals surface area contributed by atoms with Gasteiger partial charge in [-0.05, 0) is 36.6 Å². The van der Waals surface area contributed by atoms with Crippen LogP contribution in [0.3, 0.4) is 0 Å². The van der Waals surface area contributed by atoms with Crippen molar-refractivity contribution < 1.29 is 4.74 Å². The average Bonchev–Trinajstić information content (AvgIpc) is 3.25. The summed E-state index contributed by atoms with van der Waals surface area (Å²) >= 11 is 0. The van der Waals surface area contributed by atoms with E-state index in [1.165, 1.54) is 17.2 Å². The highest BCUT2D eigenvalue weighted by Gasteiger charge is 2.14. The van der Waals surface area contributed by atoms with Gasteiger partial charge in [-0.25, -0.2) is 9.78 Å². The van der Waals surface area contributed by atoms with Crippen molar-refractivity contribution in [2.45, 2.75) is 32.5 Å². The fourth-order valence-corrected chi connectivity index (χ4v) is 3.93. The lowest BCUT2D eigenvalue weighted by atomic mass is 10.1. The van der Waals surface area contributed by atoms with Crippen LogP contribution in [0.5, 0.6) is 5.75 Å². The maximum absolute atomic E-state index is 12.6. The largest absolute Gasteiger partial charge is 0.489 e. The number of imidazole rings is 1. The van der Waals surface area contributed by atoms with Gasteiger partial charge in [-0.3, -0.25) is 13.9 Å². The molecule has 4 rings (SSSR count). The first kappa shape index (κ1) is 22.5. The van der Waals surface area contributed by atoms with Gasteiger partial charge >= 0.3 is 5.69 Å². The van der Waals surface area contributed by atoms with Crippen LogP contribution in [-0.2, 0) is 33.7 Å². The molecule has 8 nitrogen and oxygen atoms in total. The van der Waals surface area contributed by atoms with E-state index >= 15 is 0 Å². The summed E-state index contributed by atoms with van der Waals surface area (Å²) in [5.74, 6) is 0.856. The Morgan fingerprint density at radius 2 is 1.76 bits per heavy atom. The number of aryl methyl sites for hydroxylation is 1. The molecule has 2 aromatic carbocycles. The molecule has 1 N–H and O–H groups in total. The number of aromatic nitrogens is 4. The number of rotatable bonds is 9. The predicted molar refractivity (Wildman–Crippen MR) is 129 cm³/mol. The van der Waals surface area contributed by atoms with Crippen molar-refractivity contribution in [2.24, 2.45) is 14.1 Å². The standard InChI is InChI=1S/C25H29N5O3/c1-18(14-20-10-7-11-21(15-20)33-16-19-8-5-4-6-9-19)26-12-13-30-17-27-23-22(30)24(31)29(3)25(32)28(23)2/h4-11,15,17-18,26H,12-14,16H2,1-3H3.